The minimum Gasteiger partial charge on any atom is -0.332 e. The molecule has 1 fully saturated rings. The summed E-state index contributed by atoms with van der Waals surface area (Å²) in [6, 6.07) is 0.0358. The van der Waals surface area contributed by atoms with Gasteiger partial charge in [0.25, 0.3) is 10.0 Å². The predicted octanol–water partition coefficient (Wildman–Crippen LogP) is 2.61. The summed E-state index contributed by atoms with van der Waals surface area (Å²) in [5, 5.41) is 0.184. The molecule has 5 nitrogen and oxygen atoms in total. The van der Waals surface area contributed by atoms with Crippen molar-refractivity contribution in [2.24, 2.45) is 5.92 Å². The zero-order valence-electron chi connectivity index (χ0n) is 12.4. The van der Waals surface area contributed by atoms with Crippen LogP contribution in [0.5, 0.6) is 0 Å². The molecule has 0 spiro atoms. The van der Waals surface area contributed by atoms with Crippen molar-refractivity contribution in [3.05, 3.63) is 12.0 Å². The molecule has 1 aromatic heterocycles. The third-order valence-electron chi connectivity index (χ3n) is 4.19. The maximum Gasteiger partial charge on any atom is 0.257 e. The van der Waals surface area contributed by atoms with Gasteiger partial charge in [0.05, 0.1) is 6.20 Å². The summed E-state index contributed by atoms with van der Waals surface area (Å²) in [5.74, 6) is 1.17. The molecule has 0 bridgehead atoms. The van der Waals surface area contributed by atoms with Crippen molar-refractivity contribution in [3.63, 3.8) is 0 Å². The van der Waals surface area contributed by atoms with Gasteiger partial charge in [0, 0.05) is 12.5 Å². The van der Waals surface area contributed by atoms with E-state index in [1.54, 1.807) is 0 Å². The molecule has 2 N–H and O–H groups in total. The van der Waals surface area contributed by atoms with Gasteiger partial charge in [-0.15, -0.1) is 0 Å². The van der Waals surface area contributed by atoms with Crippen molar-refractivity contribution in [1.82, 2.24) is 14.7 Å². The van der Waals surface area contributed by atoms with E-state index in [1.165, 1.54) is 25.5 Å². The summed E-state index contributed by atoms with van der Waals surface area (Å²) in [6.07, 6.45) is 8.91. The lowest BCUT2D eigenvalue weighted by Gasteiger charge is -2.29. The lowest BCUT2D eigenvalue weighted by atomic mass is 9.83. The van der Waals surface area contributed by atoms with Crippen LogP contribution in [0.1, 0.15) is 58.2 Å². The molecule has 2 rings (SSSR count). The second-order valence-corrected chi connectivity index (χ2v) is 7.26. The molecular weight excluding hydrogens is 274 g/mol. The van der Waals surface area contributed by atoms with Gasteiger partial charge < -0.3 is 4.98 Å². The maximum atomic E-state index is 12.4. The fourth-order valence-corrected chi connectivity index (χ4v) is 4.30. The van der Waals surface area contributed by atoms with Gasteiger partial charge in [-0.1, -0.05) is 33.1 Å². The molecule has 1 atom stereocenters. The molecule has 0 aromatic carbocycles. The van der Waals surface area contributed by atoms with Crippen molar-refractivity contribution in [1.29, 1.82) is 0 Å². The topological polar surface area (TPSA) is 74.8 Å². The van der Waals surface area contributed by atoms with Crippen LogP contribution >= 0.6 is 0 Å². The van der Waals surface area contributed by atoms with E-state index in [0.717, 1.165) is 19.3 Å². The van der Waals surface area contributed by atoms with E-state index < -0.39 is 10.0 Å². The first-order valence-electron chi connectivity index (χ1n) is 7.63. The number of imidazole rings is 1. The summed E-state index contributed by atoms with van der Waals surface area (Å²) in [5.41, 5.74) is 0. The average Bonchev–Trinajstić information content (AvgIpc) is 2.95. The number of aromatic amines is 1. The number of nitrogens with zero attached hydrogens (tertiary/aromatic N) is 1. The number of aryl methyl sites for hydroxylation is 1. The lowest BCUT2D eigenvalue weighted by molar-refractivity contribution is 0.285. The van der Waals surface area contributed by atoms with Gasteiger partial charge in [-0.3, -0.25) is 0 Å². The molecule has 0 saturated heterocycles. The monoisotopic (exact) mass is 299 g/mol. The quantitative estimate of drug-likeness (QED) is 0.848. The number of aromatic nitrogens is 2. The highest BCUT2D eigenvalue weighted by molar-refractivity contribution is 7.89. The highest BCUT2D eigenvalue weighted by Crippen LogP contribution is 2.28. The Morgan fingerprint density at radius 1 is 1.35 bits per heavy atom. The average molecular weight is 299 g/mol. The first-order chi connectivity index (χ1) is 9.56. The SMILES string of the molecule is CCc1ncc(S(=O)(=O)NC(CC)C2CCCCC2)[nH]1. The molecule has 1 aromatic rings. The Hall–Kier alpha value is -0.880. The van der Waals surface area contributed by atoms with E-state index in [2.05, 4.69) is 14.7 Å². The third kappa shape index (κ3) is 3.61. The van der Waals surface area contributed by atoms with E-state index in [9.17, 15) is 8.42 Å². The molecule has 114 valence electrons. The Morgan fingerprint density at radius 3 is 2.60 bits per heavy atom. The fraction of sp³-hybridized carbons (Fsp3) is 0.786. The van der Waals surface area contributed by atoms with Crippen LogP contribution in [0.4, 0.5) is 0 Å². The molecule has 1 aliphatic rings. The van der Waals surface area contributed by atoms with Crippen molar-refractivity contribution in [2.75, 3.05) is 0 Å². The largest absolute Gasteiger partial charge is 0.332 e. The summed E-state index contributed by atoms with van der Waals surface area (Å²) in [6.45, 7) is 3.99. The van der Waals surface area contributed by atoms with E-state index >= 15 is 0 Å². The summed E-state index contributed by atoms with van der Waals surface area (Å²) in [7, 11) is -3.48. The van der Waals surface area contributed by atoms with Crippen LogP contribution in [0.3, 0.4) is 0 Å². The van der Waals surface area contributed by atoms with Crippen molar-refractivity contribution in [3.8, 4) is 0 Å². The molecule has 0 amide bonds. The third-order valence-corrected chi connectivity index (χ3v) is 5.59. The molecule has 1 aliphatic carbocycles. The molecular formula is C14H25N3O2S. The van der Waals surface area contributed by atoms with Crippen LogP contribution in [0.25, 0.3) is 0 Å². The normalized spacial score (nSPS) is 19.1. The molecule has 1 heterocycles. The maximum absolute atomic E-state index is 12.4. The Balaban J connectivity index is 2.08. The van der Waals surface area contributed by atoms with Gasteiger partial charge in [0.15, 0.2) is 5.03 Å². The number of rotatable bonds is 6. The van der Waals surface area contributed by atoms with Gasteiger partial charge in [0.1, 0.15) is 5.82 Å². The summed E-state index contributed by atoms with van der Waals surface area (Å²) < 4.78 is 27.6. The van der Waals surface area contributed by atoms with Gasteiger partial charge >= 0.3 is 0 Å². The minimum absolute atomic E-state index is 0.0358. The van der Waals surface area contributed by atoms with Crippen LogP contribution in [0.2, 0.25) is 0 Å². The Morgan fingerprint density at radius 2 is 2.05 bits per heavy atom. The van der Waals surface area contributed by atoms with E-state index in [4.69, 9.17) is 0 Å². The van der Waals surface area contributed by atoms with Crippen molar-refractivity contribution >= 4 is 10.0 Å². The highest BCUT2D eigenvalue weighted by atomic mass is 32.2. The van der Waals surface area contributed by atoms with Crippen LogP contribution < -0.4 is 4.72 Å². The minimum atomic E-state index is -3.48. The van der Waals surface area contributed by atoms with Gasteiger partial charge in [-0.05, 0) is 25.2 Å². The Kier molecular flexibility index (Phi) is 5.21. The first kappa shape index (κ1) is 15.5. The van der Waals surface area contributed by atoms with E-state index in [1.807, 2.05) is 13.8 Å². The van der Waals surface area contributed by atoms with Crippen LogP contribution in [0.15, 0.2) is 11.2 Å². The number of hydrogen-bond donors (Lipinski definition) is 2. The van der Waals surface area contributed by atoms with Crippen molar-refractivity contribution in [2.45, 2.75) is 69.9 Å². The van der Waals surface area contributed by atoms with Gasteiger partial charge in [-0.2, -0.15) is 0 Å². The van der Waals surface area contributed by atoms with Crippen molar-refractivity contribution < 1.29 is 8.42 Å². The number of H-pyrrole nitrogens is 1. The zero-order chi connectivity index (χ0) is 14.6. The van der Waals surface area contributed by atoms with Crippen LogP contribution in [-0.4, -0.2) is 24.4 Å². The summed E-state index contributed by atoms with van der Waals surface area (Å²) >= 11 is 0. The molecule has 0 radical (unpaired) electrons. The lowest BCUT2D eigenvalue weighted by Crippen LogP contribution is -2.40. The summed E-state index contributed by atoms with van der Waals surface area (Å²) in [4.78, 5) is 6.95. The number of sulfonamides is 1. The standard InChI is InChI=1S/C14H25N3O2S/c1-3-12(11-8-6-5-7-9-11)17-20(18,19)14-10-15-13(4-2)16-14/h10-12,17H,3-9H2,1-2H3,(H,15,16). The smallest absolute Gasteiger partial charge is 0.257 e. The second-order valence-electron chi connectivity index (χ2n) is 5.58. The fourth-order valence-electron chi connectivity index (χ4n) is 2.97. The van der Waals surface area contributed by atoms with E-state index in [0.29, 0.717) is 18.2 Å². The van der Waals surface area contributed by atoms with Crippen LogP contribution in [-0.2, 0) is 16.4 Å². The molecule has 1 unspecified atom stereocenters. The molecule has 20 heavy (non-hydrogen) atoms. The number of nitrogens with one attached hydrogen (secondary N) is 2. The van der Waals surface area contributed by atoms with E-state index in [-0.39, 0.29) is 11.1 Å². The Bertz CT molecular complexity index is 518. The molecule has 6 heteroatoms. The predicted molar refractivity (Wildman–Crippen MR) is 78.9 cm³/mol. The van der Waals surface area contributed by atoms with Gasteiger partial charge in [-0.25, -0.2) is 18.1 Å². The second kappa shape index (κ2) is 6.72. The van der Waals surface area contributed by atoms with Crippen LogP contribution in [0, 0.1) is 5.92 Å². The highest BCUT2D eigenvalue weighted by Gasteiger charge is 2.27. The zero-order valence-corrected chi connectivity index (χ0v) is 13.2. The first-order valence-corrected chi connectivity index (χ1v) is 9.11. The molecule has 0 aliphatic heterocycles. The number of hydrogen-bond acceptors (Lipinski definition) is 3. The Labute approximate surface area is 121 Å². The molecule has 1 saturated carbocycles. The van der Waals surface area contributed by atoms with Gasteiger partial charge in [0.2, 0.25) is 0 Å².